The van der Waals surface area contributed by atoms with Gasteiger partial charge in [-0.3, -0.25) is 0 Å². The van der Waals surface area contributed by atoms with E-state index in [1.54, 1.807) is 24.0 Å². The van der Waals surface area contributed by atoms with E-state index in [0.29, 0.717) is 6.61 Å². The Bertz CT molecular complexity index is 512. The molecule has 4 nitrogen and oxygen atoms in total. The molecule has 1 aromatic heterocycles. The van der Waals surface area contributed by atoms with Gasteiger partial charge in [-0.15, -0.1) is 11.3 Å². The first-order valence-corrected chi connectivity index (χ1v) is 7.06. The highest BCUT2D eigenvalue weighted by atomic mass is 32.1. The number of rotatable bonds is 6. The van der Waals surface area contributed by atoms with Crippen LogP contribution in [0.2, 0.25) is 0 Å². The number of nitrogens with two attached hydrogens (primary N) is 1. The maximum atomic E-state index is 5.87. The molecule has 0 saturated carbocycles. The van der Waals surface area contributed by atoms with Crippen molar-refractivity contribution < 1.29 is 9.47 Å². The molecule has 5 heteroatoms. The number of methoxy groups -OCH3 is 1. The molecule has 0 aliphatic carbocycles. The fraction of sp³-hybridized carbons (Fsp3) is 0.357. The van der Waals surface area contributed by atoms with Crippen LogP contribution in [0.15, 0.2) is 29.1 Å². The quantitative estimate of drug-likeness (QED) is 0.882. The minimum absolute atomic E-state index is 0.0775. The Morgan fingerprint density at radius 3 is 2.89 bits per heavy atom. The minimum Gasteiger partial charge on any atom is -0.493 e. The third-order valence-electron chi connectivity index (χ3n) is 2.67. The summed E-state index contributed by atoms with van der Waals surface area (Å²) in [6.45, 7) is 2.42. The van der Waals surface area contributed by atoms with Gasteiger partial charge in [0.25, 0.3) is 0 Å². The minimum atomic E-state index is 0.0775. The van der Waals surface area contributed by atoms with E-state index in [-0.39, 0.29) is 6.04 Å². The average molecular weight is 278 g/mol. The Morgan fingerprint density at radius 2 is 2.26 bits per heavy atom. The summed E-state index contributed by atoms with van der Waals surface area (Å²) in [4.78, 5) is 4.21. The van der Waals surface area contributed by atoms with Gasteiger partial charge in [0.15, 0.2) is 11.5 Å². The second kappa shape index (κ2) is 6.54. The number of ether oxygens (including phenoxy) is 2. The molecule has 0 saturated heterocycles. The van der Waals surface area contributed by atoms with E-state index in [9.17, 15) is 0 Å². The smallest absolute Gasteiger partial charge is 0.164 e. The zero-order chi connectivity index (χ0) is 13.7. The molecule has 2 N–H and O–H groups in total. The van der Waals surface area contributed by atoms with Crippen LogP contribution >= 0.6 is 11.3 Å². The number of aromatic nitrogens is 1. The summed E-state index contributed by atoms with van der Waals surface area (Å²) in [5.74, 6) is 1.49. The van der Waals surface area contributed by atoms with E-state index in [1.165, 1.54) is 0 Å². The van der Waals surface area contributed by atoms with Gasteiger partial charge in [0, 0.05) is 11.4 Å². The molecule has 19 heavy (non-hydrogen) atoms. The van der Waals surface area contributed by atoms with Crippen molar-refractivity contribution in [1.82, 2.24) is 4.98 Å². The van der Waals surface area contributed by atoms with E-state index in [0.717, 1.165) is 29.2 Å². The standard InChI is InChI=1S/C14H18N2O2S/c1-10(15)6-11-4-3-5-13(17-2)14(11)18-7-12-8-19-9-16-12/h3-5,8-10H,6-7,15H2,1-2H3. The first-order valence-electron chi connectivity index (χ1n) is 6.12. The predicted octanol–water partition coefficient (Wildman–Crippen LogP) is 2.62. The lowest BCUT2D eigenvalue weighted by Gasteiger charge is -2.15. The van der Waals surface area contributed by atoms with Crippen LogP contribution in [0.1, 0.15) is 18.2 Å². The third-order valence-corrected chi connectivity index (χ3v) is 3.31. The second-order valence-corrected chi connectivity index (χ2v) is 5.12. The Hall–Kier alpha value is -1.59. The van der Waals surface area contributed by atoms with Crippen LogP contribution in [0.3, 0.4) is 0 Å². The summed E-state index contributed by atoms with van der Waals surface area (Å²) in [6.07, 6.45) is 0.754. The van der Waals surface area contributed by atoms with Crippen molar-refractivity contribution in [3.05, 3.63) is 40.3 Å². The number of thiazole rings is 1. The highest BCUT2D eigenvalue weighted by molar-refractivity contribution is 7.07. The maximum Gasteiger partial charge on any atom is 0.164 e. The fourth-order valence-electron chi connectivity index (χ4n) is 1.85. The van der Waals surface area contributed by atoms with Crippen LogP contribution in [0.25, 0.3) is 0 Å². The summed E-state index contributed by atoms with van der Waals surface area (Å²) in [5.41, 5.74) is 9.64. The van der Waals surface area contributed by atoms with Crippen LogP contribution in [0, 0.1) is 0 Å². The first-order chi connectivity index (χ1) is 9.20. The van der Waals surface area contributed by atoms with Gasteiger partial charge in [0.2, 0.25) is 0 Å². The van der Waals surface area contributed by atoms with Crippen LogP contribution < -0.4 is 15.2 Å². The predicted molar refractivity (Wildman–Crippen MR) is 76.8 cm³/mol. The molecule has 0 aliphatic heterocycles. The number of hydrogen-bond donors (Lipinski definition) is 1. The van der Waals surface area contributed by atoms with Gasteiger partial charge >= 0.3 is 0 Å². The molecule has 2 aromatic rings. The van der Waals surface area contributed by atoms with E-state index >= 15 is 0 Å². The molecule has 1 atom stereocenters. The lowest BCUT2D eigenvalue weighted by atomic mass is 10.1. The Labute approximate surface area is 117 Å². The van der Waals surface area contributed by atoms with Crippen molar-refractivity contribution in [2.24, 2.45) is 5.73 Å². The maximum absolute atomic E-state index is 5.87. The van der Waals surface area contributed by atoms with Gasteiger partial charge < -0.3 is 15.2 Å². The van der Waals surface area contributed by atoms with Gasteiger partial charge in [0.1, 0.15) is 6.61 Å². The van der Waals surface area contributed by atoms with Gasteiger partial charge in [-0.25, -0.2) is 4.98 Å². The molecule has 0 bridgehead atoms. The van der Waals surface area contributed by atoms with E-state index in [1.807, 2.05) is 30.5 Å². The lowest BCUT2D eigenvalue weighted by Crippen LogP contribution is -2.18. The number of hydrogen-bond acceptors (Lipinski definition) is 5. The molecule has 0 radical (unpaired) electrons. The Morgan fingerprint density at radius 1 is 1.42 bits per heavy atom. The largest absolute Gasteiger partial charge is 0.493 e. The number of para-hydroxylation sites is 1. The number of nitrogens with zero attached hydrogens (tertiary/aromatic N) is 1. The SMILES string of the molecule is COc1cccc(CC(C)N)c1OCc1cscn1. The van der Waals surface area contributed by atoms with Gasteiger partial charge in [-0.1, -0.05) is 12.1 Å². The molecule has 1 heterocycles. The summed E-state index contributed by atoms with van der Waals surface area (Å²) in [7, 11) is 1.64. The van der Waals surface area contributed by atoms with Gasteiger partial charge in [-0.2, -0.15) is 0 Å². The molecule has 0 fully saturated rings. The average Bonchev–Trinajstić information content (AvgIpc) is 2.89. The molecule has 0 aliphatic rings. The van der Waals surface area contributed by atoms with Crippen LogP contribution in [-0.4, -0.2) is 18.1 Å². The van der Waals surface area contributed by atoms with Crippen LogP contribution in [0.4, 0.5) is 0 Å². The van der Waals surface area contributed by atoms with Gasteiger partial charge in [-0.05, 0) is 25.0 Å². The van der Waals surface area contributed by atoms with Crippen molar-refractivity contribution >= 4 is 11.3 Å². The van der Waals surface area contributed by atoms with Crippen LogP contribution in [0.5, 0.6) is 11.5 Å². The van der Waals surface area contributed by atoms with E-state index in [2.05, 4.69) is 4.98 Å². The zero-order valence-corrected chi connectivity index (χ0v) is 11.9. The molecule has 102 valence electrons. The summed E-state index contributed by atoms with van der Waals surface area (Å²) < 4.78 is 11.2. The highest BCUT2D eigenvalue weighted by Gasteiger charge is 2.12. The molecular weight excluding hydrogens is 260 g/mol. The van der Waals surface area contributed by atoms with Crippen LogP contribution in [-0.2, 0) is 13.0 Å². The first kappa shape index (κ1) is 13.8. The fourth-order valence-corrected chi connectivity index (χ4v) is 2.39. The van der Waals surface area contributed by atoms with E-state index < -0.39 is 0 Å². The second-order valence-electron chi connectivity index (χ2n) is 4.40. The Balaban J connectivity index is 2.19. The normalized spacial score (nSPS) is 12.2. The topological polar surface area (TPSA) is 57.4 Å². The summed E-state index contributed by atoms with van der Waals surface area (Å²) in [5, 5.41) is 1.97. The van der Waals surface area contributed by atoms with Gasteiger partial charge in [0.05, 0.1) is 18.3 Å². The Kier molecular flexibility index (Phi) is 4.76. The van der Waals surface area contributed by atoms with Crippen molar-refractivity contribution in [1.29, 1.82) is 0 Å². The van der Waals surface area contributed by atoms with E-state index in [4.69, 9.17) is 15.2 Å². The number of benzene rings is 1. The summed E-state index contributed by atoms with van der Waals surface area (Å²) in [6, 6.07) is 5.93. The summed E-state index contributed by atoms with van der Waals surface area (Å²) >= 11 is 1.56. The molecule has 0 amide bonds. The lowest BCUT2D eigenvalue weighted by molar-refractivity contribution is 0.278. The molecular formula is C14H18N2O2S. The highest BCUT2D eigenvalue weighted by Crippen LogP contribution is 2.32. The molecule has 1 aromatic carbocycles. The third kappa shape index (κ3) is 3.68. The van der Waals surface area contributed by atoms with Crippen molar-refractivity contribution in [3.63, 3.8) is 0 Å². The molecule has 2 rings (SSSR count). The van der Waals surface area contributed by atoms with Crippen molar-refractivity contribution in [2.75, 3.05) is 7.11 Å². The molecule has 1 unspecified atom stereocenters. The van der Waals surface area contributed by atoms with Crippen molar-refractivity contribution in [3.8, 4) is 11.5 Å². The zero-order valence-electron chi connectivity index (χ0n) is 11.1. The monoisotopic (exact) mass is 278 g/mol. The van der Waals surface area contributed by atoms with Crippen molar-refractivity contribution in [2.45, 2.75) is 26.0 Å². The molecule has 0 spiro atoms.